The lowest BCUT2D eigenvalue weighted by molar-refractivity contribution is -0.130. The Labute approximate surface area is 159 Å². The van der Waals surface area contributed by atoms with Crippen LogP contribution < -0.4 is 10.5 Å². The molecule has 0 bridgehead atoms. The molecule has 4 nitrogen and oxygen atoms in total. The molecule has 2 N–H and O–H groups in total. The predicted octanol–water partition coefficient (Wildman–Crippen LogP) is 3.60. The SMILES string of the molecule is CN1CCc2cc(Cl)c(OC(C)(C)C(N)=O)cc2[C@@H](c2ccccc2)C1. The van der Waals surface area contributed by atoms with Gasteiger partial charge in [0.1, 0.15) is 5.75 Å². The van der Waals surface area contributed by atoms with Gasteiger partial charge < -0.3 is 15.4 Å². The third-order valence-electron chi connectivity index (χ3n) is 4.99. The molecule has 2 aromatic carbocycles. The van der Waals surface area contributed by atoms with Crippen molar-refractivity contribution >= 4 is 17.5 Å². The fourth-order valence-corrected chi connectivity index (χ4v) is 3.56. The molecule has 0 aliphatic carbocycles. The molecule has 3 rings (SSSR count). The van der Waals surface area contributed by atoms with Crippen molar-refractivity contribution < 1.29 is 9.53 Å². The number of amides is 1. The van der Waals surface area contributed by atoms with Gasteiger partial charge in [0.05, 0.1) is 5.02 Å². The van der Waals surface area contributed by atoms with Crippen molar-refractivity contribution in [3.8, 4) is 5.75 Å². The van der Waals surface area contributed by atoms with Gasteiger partial charge in [0, 0.05) is 19.0 Å². The number of carbonyl (C=O) groups is 1. The average Bonchev–Trinajstić information content (AvgIpc) is 2.75. The van der Waals surface area contributed by atoms with Gasteiger partial charge >= 0.3 is 0 Å². The Morgan fingerprint density at radius 1 is 1.27 bits per heavy atom. The van der Waals surface area contributed by atoms with Gasteiger partial charge in [-0.25, -0.2) is 0 Å². The molecular weight excluding hydrogens is 348 g/mol. The predicted molar refractivity (Wildman–Crippen MR) is 105 cm³/mol. The number of fused-ring (bicyclic) bond motifs is 1. The highest BCUT2D eigenvalue weighted by molar-refractivity contribution is 6.32. The minimum atomic E-state index is -1.12. The van der Waals surface area contributed by atoms with E-state index in [4.69, 9.17) is 22.1 Å². The number of likely N-dealkylation sites (N-methyl/N-ethyl adjacent to an activating group) is 1. The molecular formula is C21H25ClN2O2. The van der Waals surface area contributed by atoms with Crippen LogP contribution in [0.3, 0.4) is 0 Å². The Balaban J connectivity index is 2.07. The molecule has 1 aliphatic rings. The van der Waals surface area contributed by atoms with Crippen molar-refractivity contribution in [1.29, 1.82) is 0 Å². The quantitative estimate of drug-likeness (QED) is 0.892. The van der Waals surface area contributed by atoms with E-state index in [1.54, 1.807) is 13.8 Å². The van der Waals surface area contributed by atoms with Crippen molar-refractivity contribution in [1.82, 2.24) is 4.90 Å². The van der Waals surface area contributed by atoms with E-state index in [9.17, 15) is 4.79 Å². The van der Waals surface area contributed by atoms with Gasteiger partial charge in [0.15, 0.2) is 5.60 Å². The fourth-order valence-electron chi connectivity index (χ4n) is 3.34. The van der Waals surface area contributed by atoms with Gasteiger partial charge in [-0.15, -0.1) is 0 Å². The molecule has 0 saturated carbocycles. The van der Waals surface area contributed by atoms with Gasteiger partial charge in [0.25, 0.3) is 5.91 Å². The molecule has 26 heavy (non-hydrogen) atoms. The van der Waals surface area contributed by atoms with Gasteiger partial charge in [0.2, 0.25) is 0 Å². The second kappa shape index (κ2) is 7.29. The topological polar surface area (TPSA) is 55.6 Å². The van der Waals surface area contributed by atoms with Crippen LogP contribution in [0, 0.1) is 0 Å². The third kappa shape index (κ3) is 3.87. The van der Waals surface area contributed by atoms with Crippen LogP contribution in [0.1, 0.15) is 36.5 Å². The van der Waals surface area contributed by atoms with Crippen LogP contribution in [0.25, 0.3) is 0 Å². The summed E-state index contributed by atoms with van der Waals surface area (Å²) < 4.78 is 5.89. The van der Waals surface area contributed by atoms with Gasteiger partial charge in [-0.3, -0.25) is 4.79 Å². The van der Waals surface area contributed by atoms with Crippen molar-refractivity contribution in [3.05, 3.63) is 64.2 Å². The lowest BCUT2D eigenvalue weighted by atomic mass is 9.88. The normalized spacial score (nSPS) is 18.1. The number of hydrogen-bond acceptors (Lipinski definition) is 3. The molecule has 138 valence electrons. The molecule has 1 heterocycles. The monoisotopic (exact) mass is 372 g/mol. The summed E-state index contributed by atoms with van der Waals surface area (Å²) in [5.74, 6) is 0.192. The highest BCUT2D eigenvalue weighted by Crippen LogP contribution is 2.38. The molecule has 0 unspecified atom stereocenters. The lowest BCUT2D eigenvalue weighted by Crippen LogP contribution is -2.43. The first kappa shape index (κ1) is 18.7. The lowest BCUT2D eigenvalue weighted by Gasteiger charge is -2.26. The minimum absolute atomic E-state index is 0.218. The Kier molecular flexibility index (Phi) is 5.26. The molecule has 2 aromatic rings. The van der Waals surface area contributed by atoms with Crippen molar-refractivity contribution in [2.45, 2.75) is 31.8 Å². The summed E-state index contributed by atoms with van der Waals surface area (Å²) in [6, 6.07) is 14.4. The number of nitrogens with two attached hydrogens (primary N) is 1. The largest absolute Gasteiger partial charge is 0.476 e. The van der Waals surface area contributed by atoms with Gasteiger partial charge in [-0.05, 0) is 56.1 Å². The Hall–Kier alpha value is -2.04. The maximum absolute atomic E-state index is 11.7. The van der Waals surface area contributed by atoms with Crippen LogP contribution in [-0.4, -0.2) is 36.5 Å². The van der Waals surface area contributed by atoms with Crippen LogP contribution in [0.5, 0.6) is 5.75 Å². The molecule has 0 aromatic heterocycles. The summed E-state index contributed by atoms with van der Waals surface area (Å²) in [5, 5.41) is 0.509. The number of primary amides is 1. The number of ether oxygens (including phenoxy) is 1. The Morgan fingerprint density at radius 3 is 2.62 bits per heavy atom. The van der Waals surface area contributed by atoms with Gasteiger partial charge in [-0.2, -0.15) is 0 Å². The van der Waals surface area contributed by atoms with E-state index in [0.717, 1.165) is 19.5 Å². The first-order valence-corrected chi connectivity index (χ1v) is 9.20. The Bertz CT molecular complexity index is 805. The molecule has 0 saturated heterocycles. The van der Waals surface area contributed by atoms with Crippen LogP contribution >= 0.6 is 11.6 Å². The van der Waals surface area contributed by atoms with E-state index >= 15 is 0 Å². The standard InChI is InChI=1S/C21H25ClN2O2/c1-21(2,20(23)25)26-19-12-16-15(11-18(19)22)9-10-24(3)13-17(16)14-7-5-4-6-8-14/h4-8,11-12,17H,9-10,13H2,1-3H3,(H2,23,25)/t17-/m1/s1. The van der Waals surface area contributed by atoms with E-state index < -0.39 is 11.5 Å². The van der Waals surface area contributed by atoms with E-state index in [0.29, 0.717) is 10.8 Å². The molecule has 1 aliphatic heterocycles. The minimum Gasteiger partial charge on any atom is -0.476 e. The summed E-state index contributed by atoms with van der Waals surface area (Å²) in [4.78, 5) is 14.0. The zero-order chi connectivity index (χ0) is 18.9. The summed E-state index contributed by atoms with van der Waals surface area (Å²) >= 11 is 6.46. The fraction of sp³-hybridized carbons (Fsp3) is 0.381. The van der Waals surface area contributed by atoms with Crippen LogP contribution in [-0.2, 0) is 11.2 Å². The molecule has 0 spiro atoms. The number of hydrogen-bond donors (Lipinski definition) is 1. The highest BCUT2D eigenvalue weighted by Gasteiger charge is 2.30. The van der Waals surface area contributed by atoms with E-state index in [1.807, 2.05) is 18.2 Å². The maximum atomic E-state index is 11.7. The number of nitrogens with zero attached hydrogens (tertiary/aromatic N) is 1. The summed E-state index contributed by atoms with van der Waals surface area (Å²) in [6.45, 7) is 5.19. The molecule has 0 fully saturated rings. The van der Waals surface area contributed by atoms with E-state index in [1.165, 1.54) is 16.7 Å². The second-order valence-corrected chi connectivity index (χ2v) is 7.84. The van der Waals surface area contributed by atoms with Gasteiger partial charge in [-0.1, -0.05) is 41.9 Å². The molecule has 1 amide bonds. The molecule has 5 heteroatoms. The number of halogens is 1. The molecule has 0 radical (unpaired) electrons. The second-order valence-electron chi connectivity index (χ2n) is 7.43. The first-order chi connectivity index (χ1) is 12.3. The Morgan fingerprint density at radius 2 is 1.96 bits per heavy atom. The zero-order valence-corrected chi connectivity index (χ0v) is 16.2. The number of benzene rings is 2. The average molecular weight is 373 g/mol. The van der Waals surface area contributed by atoms with Crippen LogP contribution in [0.4, 0.5) is 0 Å². The first-order valence-electron chi connectivity index (χ1n) is 8.82. The summed E-state index contributed by atoms with van der Waals surface area (Å²) in [6.07, 6.45) is 0.925. The number of rotatable bonds is 4. The maximum Gasteiger partial charge on any atom is 0.261 e. The van der Waals surface area contributed by atoms with E-state index in [-0.39, 0.29) is 5.92 Å². The smallest absolute Gasteiger partial charge is 0.261 e. The van der Waals surface area contributed by atoms with Crippen LogP contribution in [0.2, 0.25) is 5.02 Å². The van der Waals surface area contributed by atoms with E-state index in [2.05, 4.69) is 36.2 Å². The third-order valence-corrected chi connectivity index (χ3v) is 5.28. The van der Waals surface area contributed by atoms with Crippen molar-refractivity contribution in [2.75, 3.05) is 20.1 Å². The number of carbonyl (C=O) groups excluding carboxylic acids is 1. The summed E-state index contributed by atoms with van der Waals surface area (Å²) in [7, 11) is 2.14. The molecule has 1 atom stereocenters. The van der Waals surface area contributed by atoms with Crippen molar-refractivity contribution in [2.24, 2.45) is 5.73 Å². The van der Waals surface area contributed by atoms with Crippen LogP contribution in [0.15, 0.2) is 42.5 Å². The summed E-state index contributed by atoms with van der Waals surface area (Å²) in [5.41, 5.74) is 8.00. The highest BCUT2D eigenvalue weighted by atomic mass is 35.5. The van der Waals surface area contributed by atoms with Crippen molar-refractivity contribution in [3.63, 3.8) is 0 Å². The zero-order valence-electron chi connectivity index (χ0n) is 15.5.